The normalized spacial score (nSPS) is 26.4. The van der Waals surface area contributed by atoms with Gasteiger partial charge in [-0.2, -0.15) is 13.2 Å². The van der Waals surface area contributed by atoms with Crippen molar-refractivity contribution in [3.05, 3.63) is 0 Å². The quantitative estimate of drug-likeness (QED) is 0.820. The second-order valence-corrected chi connectivity index (χ2v) is 8.11. The molecular formula is C13H24F3NO2S. The molecule has 0 bridgehead atoms. The minimum absolute atomic E-state index is 0.0145. The van der Waals surface area contributed by atoms with Gasteiger partial charge in [0.25, 0.3) is 0 Å². The minimum atomic E-state index is -4.20. The van der Waals surface area contributed by atoms with Crippen LogP contribution in [0.3, 0.4) is 0 Å². The van der Waals surface area contributed by atoms with Crippen molar-refractivity contribution >= 4 is 9.84 Å². The Bertz CT molecular complexity index is 395. The Morgan fingerprint density at radius 3 is 2.40 bits per heavy atom. The summed E-state index contributed by atoms with van der Waals surface area (Å²) < 4.78 is 61.6. The maximum Gasteiger partial charge on any atom is 0.392 e. The van der Waals surface area contributed by atoms with Crippen molar-refractivity contribution in [3.8, 4) is 0 Å². The molecule has 3 unspecified atom stereocenters. The summed E-state index contributed by atoms with van der Waals surface area (Å²) in [7, 11) is -3.07. The summed E-state index contributed by atoms with van der Waals surface area (Å²) in [6.07, 6.45) is -1.50. The average Bonchev–Trinajstić information content (AvgIpc) is 2.37. The molecule has 0 aliphatic heterocycles. The second-order valence-electron chi connectivity index (χ2n) is 5.64. The highest BCUT2D eigenvalue weighted by Gasteiger charge is 2.46. The molecule has 0 radical (unpaired) electrons. The van der Waals surface area contributed by atoms with Crippen molar-refractivity contribution in [3.63, 3.8) is 0 Å². The molecule has 0 heterocycles. The van der Waals surface area contributed by atoms with Crippen LogP contribution in [0.5, 0.6) is 0 Å². The third kappa shape index (κ3) is 5.24. The van der Waals surface area contributed by atoms with E-state index in [-0.39, 0.29) is 17.9 Å². The predicted molar refractivity (Wildman–Crippen MR) is 73.0 cm³/mol. The minimum Gasteiger partial charge on any atom is -0.327 e. The van der Waals surface area contributed by atoms with E-state index in [0.29, 0.717) is 25.7 Å². The zero-order chi connectivity index (χ0) is 15.4. The fourth-order valence-electron chi connectivity index (χ4n) is 2.98. The molecule has 0 aromatic carbocycles. The number of nitrogens with two attached hydrogens (primary N) is 1. The van der Waals surface area contributed by atoms with Gasteiger partial charge in [0.05, 0.1) is 11.7 Å². The van der Waals surface area contributed by atoms with Crippen molar-refractivity contribution in [1.29, 1.82) is 0 Å². The molecule has 0 aromatic heterocycles. The lowest BCUT2D eigenvalue weighted by Crippen LogP contribution is -2.43. The molecule has 0 saturated heterocycles. The van der Waals surface area contributed by atoms with E-state index in [9.17, 15) is 21.6 Å². The molecular weight excluding hydrogens is 291 g/mol. The molecule has 0 spiro atoms. The van der Waals surface area contributed by atoms with Gasteiger partial charge in [0.1, 0.15) is 9.84 Å². The lowest BCUT2D eigenvalue weighted by molar-refractivity contribution is -0.198. The van der Waals surface area contributed by atoms with Crippen molar-refractivity contribution in [2.24, 2.45) is 17.6 Å². The zero-order valence-corrected chi connectivity index (χ0v) is 12.6. The van der Waals surface area contributed by atoms with E-state index in [0.717, 1.165) is 6.42 Å². The zero-order valence-electron chi connectivity index (χ0n) is 11.8. The Kier molecular flexibility index (Phi) is 6.31. The summed E-state index contributed by atoms with van der Waals surface area (Å²) in [6.45, 7) is 1.57. The fraction of sp³-hybridized carbons (Fsp3) is 1.00. The number of rotatable bonds is 6. The van der Waals surface area contributed by atoms with Gasteiger partial charge in [-0.15, -0.1) is 0 Å². The van der Waals surface area contributed by atoms with Crippen LogP contribution in [0.25, 0.3) is 0 Å². The van der Waals surface area contributed by atoms with Crippen LogP contribution >= 0.6 is 0 Å². The highest BCUT2D eigenvalue weighted by Crippen LogP contribution is 2.43. The van der Waals surface area contributed by atoms with Gasteiger partial charge in [-0.1, -0.05) is 19.8 Å². The van der Waals surface area contributed by atoms with Gasteiger partial charge in [-0.05, 0) is 31.6 Å². The van der Waals surface area contributed by atoms with Gasteiger partial charge >= 0.3 is 6.18 Å². The van der Waals surface area contributed by atoms with Crippen LogP contribution in [0.4, 0.5) is 13.2 Å². The van der Waals surface area contributed by atoms with Gasteiger partial charge < -0.3 is 5.73 Å². The van der Waals surface area contributed by atoms with Crippen LogP contribution in [-0.4, -0.2) is 32.1 Å². The summed E-state index contributed by atoms with van der Waals surface area (Å²) >= 11 is 0. The molecule has 20 heavy (non-hydrogen) atoms. The van der Waals surface area contributed by atoms with Crippen molar-refractivity contribution in [2.75, 3.05) is 11.5 Å². The number of hydrogen-bond acceptors (Lipinski definition) is 3. The molecule has 1 saturated carbocycles. The van der Waals surface area contributed by atoms with Crippen LogP contribution in [0.15, 0.2) is 0 Å². The van der Waals surface area contributed by atoms with E-state index < -0.39 is 33.9 Å². The molecule has 1 rings (SSSR count). The standard InChI is InChI=1S/C13H24F3NO2S/c1-2-20(18,19)9-5-8-12(17)10-6-3-4-7-11(10)13(14,15)16/h10-12H,2-9,17H2,1H3. The van der Waals surface area contributed by atoms with Crippen molar-refractivity contribution < 1.29 is 21.6 Å². The number of sulfone groups is 1. The van der Waals surface area contributed by atoms with E-state index in [1.54, 1.807) is 6.92 Å². The first-order valence-electron chi connectivity index (χ1n) is 7.20. The van der Waals surface area contributed by atoms with E-state index >= 15 is 0 Å². The molecule has 7 heteroatoms. The summed E-state index contributed by atoms with van der Waals surface area (Å²) in [5.74, 6) is -1.81. The van der Waals surface area contributed by atoms with Crippen LogP contribution < -0.4 is 5.73 Å². The molecule has 3 atom stereocenters. The van der Waals surface area contributed by atoms with Crippen molar-refractivity contribution in [1.82, 2.24) is 0 Å². The van der Waals surface area contributed by atoms with E-state index in [4.69, 9.17) is 5.73 Å². The Morgan fingerprint density at radius 1 is 1.25 bits per heavy atom. The first kappa shape index (κ1) is 17.8. The third-order valence-electron chi connectivity index (χ3n) is 4.22. The summed E-state index contributed by atoms with van der Waals surface area (Å²) in [6, 6.07) is -0.561. The van der Waals surface area contributed by atoms with E-state index in [2.05, 4.69) is 0 Å². The first-order chi connectivity index (χ1) is 9.17. The number of halogens is 3. The Labute approximate surface area is 119 Å². The molecule has 1 aliphatic rings. The Morgan fingerprint density at radius 2 is 1.85 bits per heavy atom. The molecule has 1 aliphatic carbocycles. The van der Waals surface area contributed by atoms with Crippen LogP contribution in [0, 0.1) is 11.8 Å². The fourth-order valence-corrected chi connectivity index (χ4v) is 3.87. The molecule has 1 fully saturated rings. The smallest absolute Gasteiger partial charge is 0.327 e. The molecule has 0 amide bonds. The molecule has 120 valence electrons. The van der Waals surface area contributed by atoms with Crippen molar-refractivity contribution in [2.45, 2.75) is 57.7 Å². The number of alkyl halides is 3. The van der Waals surface area contributed by atoms with Crippen LogP contribution in [0.2, 0.25) is 0 Å². The van der Waals surface area contributed by atoms with E-state index in [1.807, 2.05) is 0 Å². The molecule has 0 aromatic rings. The van der Waals surface area contributed by atoms with Gasteiger partial charge in [-0.3, -0.25) is 0 Å². The van der Waals surface area contributed by atoms with Gasteiger partial charge in [0.15, 0.2) is 0 Å². The first-order valence-corrected chi connectivity index (χ1v) is 9.02. The lowest BCUT2D eigenvalue weighted by atomic mass is 9.74. The monoisotopic (exact) mass is 315 g/mol. The molecule has 3 nitrogen and oxygen atoms in total. The highest BCUT2D eigenvalue weighted by molar-refractivity contribution is 7.91. The number of hydrogen-bond donors (Lipinski definition) is 1. The Hall–Kier alpha value is -0.300. The predicted octanol–water partition coefficient (Wildman–Crippen LogP) is 2.90. The third-order valence-corrected chi connectivity index (χ3v) is 6.01. The SMILES string of the molecule is CCS(=O)(=O)CCCC(N)C1CCCCC1C(F)(F)F. The summed E-state index contributed by atoms with van der Waals surface area (Å²) in [4.78, 5) is 0. The molecule has 2 N–H and O–H groups in total. The topological polar surface area (TPSA) is 60.2 Å². The lowest BCUT2D eigenvalue weighted by Gasteiger charge is -2.36. The van der Waals surface area contributed by atoms with E-state index in [1.165, 1.54) is 0 Å². The Balaban J connectivity index is 2.54. The summed E-state index contributed by atoms with van der Waals surface area (Å²) in [5.41, 5.74) is 5.91. The van der Waals surface area contributed by atoms with Gasteiger partial charge in [0.2, 0.25) is 0 Å². The average molecular weight is 315 g/mol. The maximum atomic E-state index is 13.0. The van der Waals surface area contributed by atoms with Gasteiger partial charge in [0, 0.05) is 11.8 Å². The van der Waals surface area contributed by atoms with Crippen LogP contribution in [-0.2, 0) is 9.84 Å². The summed E-state index contributed by atoms with van der Waals surface area (Å²) in [5, 5.41) is 0. The highest BCUT2D eigenvalue weighted by atomic mass is 32.2. The van der Waals surface area contributed by atoms with Gasteiger partial charge in [-0.25, -0.2) is 8.42 Å². The van der Waals surface area contributed by atoms with Crippen LogP contribution in [0.1, 0.15) is 45.4 Å². The second kappa shape index (κ2) is 7.11. The largest absolute Gasteiger partial charge is 0.392 e. The maximum absolute atomic E-state index is 13.0.